The minimum Gasteiger partial charge on any atom is -0.480 e. The normalized spacial score (nSPS) is 22.6. The van der Waals surface area contributed by atoms with E-state index in [9.17, 15) is 9.59 Å². The Morgan fingerprint density at radius 3 is 2.88 bits per heavy atom. The molecular formula is C9H16N2O5. The molecule has 0 aromatic rings. The van der Waals surface area contributed by atoms with Gasteiger partial charge in [-0.2, -0.15) is 0 Å². The van der Waals surface area contributed by atoms with Crippen LogP contribution in [-0.4, -0.2) is 65.6 Å². The molecule has 0 aromatic carbocycles. The van der Waals surface area contributed by atoms with Crippen LogP contribution in [0.1, 0.15) is 6.92 Å². The van der Waals surface area contributed by atoms with E-state index < -0.39 is 18.0 Å². The summed E-state index contributed by atoms with van der Waals surface area (Å²) in [6.45, 7) is 2.26. The van der Waals surface area contributed by atoms with Crippen molar-refractivity contribution in [3.05, 3.63) is 0 Å². The number of aliphatic carboxylic acids is 1. The summed E-state index contributed by atoms with van der Waals surface area (Å²) < 4.78 is 5.17. The van der Waals surface area contributed by atoms with Gasteiger partial charge in [0.1, 0.15) is 6.04 Å². The lowest BCUT2D eigenvalue weighted by molar-refractivity contribution is -0.138. The van der Waals surface area contributed by atoms with Crippen LogP contribution in [0.15, 0.2) is 0 Å². The van der Waals surface area contributed by atoms with Crippen molar-refractivity contribution in [2.75, 3.05) is 26.3 Å². The van der Waals surface area contributed by atoms with Crippen molar-refractivity contribution in [2.45, 2.75) is 19.1 Å². The van der Waals surface area contributed by atoms with Crippen molar-refractivity contribution in [1.29, 1.82) is 0 Å². The van der Waals surface area contributed by atoms with Gasteiger partial charge in [0.2, 0.25) is 0 Å². The maximum absolute atomic E-state index is 11.6. The van der Waals surface area contributed by atoms with E-state index in [1.165, 1.54) is 11.8 Å². The number of ether oxygens (including phenoxy) is 1. The predicted molar refractivity (Wildman–Crippen MR) is 54.0 cm³/mol. The van der Waals surface area contributed by atoms with E-state index in [0.29, 0.717) is 13.2 Å². The van der Waals surface area contributed by atoms with Crippen LogP contribution in [-0.2, 0) is 9.53 Å². The van der Waals surface area contributed by atoms with E-state index in [4.69, 9.17) is 14.9 Å². The van der Waals surface area contributed by atoms with Crippen LogP contribution < -0.4 is 5.32 Å². The van der Waals surface area contributed by atoms with Crippen molar-refractivity contribution in [3.63, 3.8) is 0 Å². The van der Waals surface area contributed by atoms with Crippen LogP contribution in [0.25, 0.3) is 0 Å². The van der Waals surface area contributed by atoms with Crippen LogP contribution in [0.5, 0.6) is 0 Å². The Morgan fingerprint density at radius 1 is 1.62 bits per heavy atom. The maximum Gasteiger partial charge on any atom is 0.325 e. The smallest absolute Gasteiger partial charge is 0.325 e. The van der Waals surface area contributed by atoms with Crippen molar-refractivity contribution in [3.8, 4) is 0 Å². The Morgan fingerprint density at radius 2 is 2.31 bits per heavy atom. The van der Waals surface area contributed by atoms with Crippen molar-refractivity contribution < 1.29 is 24.5 Å². The standard InChI is InChI=1S/C9H16N2O5/c1-6(8(13)14)10-9(15)11-2-3-16-7(4-11)5-12/h6-7,12H,2-5H2,1H3,(H,10,15)(H,13,14). The van der Waals surface area contributed by atoms with E-state index >= 15 is 0 Å². The highest BCUT2D eigenvalue weighted by atomic mass is 16.5. The molecule has 0 spiro atoms. The minimum absolute atomic E-state index is 0.154. The summed E-state index contributed by atoms with van der Waals surface area (Å²) in [4.78, 5) is 23.6. The Labute approximate surface area is 93.0 Å². The van der Waals surface area contributed by atoms with Crippen LogP contribution in [0.2, 0.25) is 0 Å². The van der Waals surface area contributed by atoms with Gasteiger partial charge in [-0.05, 0) is 6.92 Å². The molecule has 92 valence electrons. The molecule has 1 aliphatic heterocycles. The quantitative estimate of drug-likeness (QED) is 0.571. The number of hydrogen-bond donors (Lipinski definition) is 3. The number of carboxylic acids is 1. The lowest BCUT2D eigenvalue weighted by Crippen LogP contribution is -2.53. The molecule has 0 radical (unpaired) electrons. The fourth-order valence-electron chi connectivity index (χ4n) is 1.35. The summed E-state index contributed by atoms with van der Waals surface area (Å²) in [5.41, 5.74) is 0. The monoisotopic (exact) mass is 232 g/mol. The molecule has 3 N–H and O–H groups in total. The zero-order chi connectivity index (χ0) is 12.1. The number of aliphatic hydroxyl groups excluding tert-OH is 1. The molecule has 1 rings (SSSR count). The summed E-state index contributed by atoms with van der Waals surface area (Å²) in [5.74, 6) is -1.08. The topological polar surface area (TPSA) is 99.1 Å². The van der Waals surface area contributed by atoms with Crippen LogP contribution in [0.4, 0.5) is 4.79 Å². The first kappa shape index (κ1) is 12.7. The lowest BCUT2D eigenvalue weighted by Gasteiger charge is -2.32. The van der Waals surface area contributed by atoms with Gasteiger partial charge in [-0.3, -0.25) is 4.79 Å². The van der Waals surface area contributed by atoms with Gasteiger partial charge in [0.25, 0.3) is 0 Å². The maximum atomic E-state index is 11.6. The second kappa shape index (κ2) is 5.66. The number of carbonyl (C=O) groups is 2. The first-order chi connectivity index (χ1) is 7.54. The second-order valence-corrected chi connectivity index (χ2v) is 3.63. The van der Waals surface area contributed by atoms with Crippen molar-refractivity contribution >= 4 is 12.0 Å². The number of aliphatic hydroxyl groups is 1. The van der Waals surface area contributed by atoms with Gasteiger partial charge in [0.15, 0.2) is 0 Å². The summed E-state index contributed by atoms with van der Waals surface area (Å²) in [5, 5.41) is 19.9. The average molecular weight is 232 g/mol. The molecule has 2 amide bonds. The molecule has 0 bridgehead atoms. The van der Waals surface area contributed by atoms with Crippen LogP contribution >= 0.6 is 0 Å². The molecule has 2 unspecified atom stereocenters. The molecule has 7 heteroatoms. The first-order valence-electron chi connectivity index (χ1n) is 5.05. The Hall–Kier alpha value is -1.34. The molecule has 1 saturated heterocycles. The molecule has 1 fully saturated rings. The molecule has 0 aromatic heterocycles. The number of hydrogen-bond acceptors (Lipinski definition) is 4. The minimum atomic E-state index is -1.08. The molecule has 0 saturated carbocycles. The van der Waals surface area contributed by atoms with E-state index in [0.717, 1.165) is 0 Å². The number of carbonyl (C=O) groups excluding carboxylic acids is 1. The number of urea groups is 1. The zero-order valence-electron chi connectivity index (χ0n) is 9.05. The van der Waals surface area contributed by atoms with E-state index in [1.807, 2.05) is 0 Å². The Bertz CT molecular complexity index is 271. The van der Waals surface area contributed by atoms with Gasteiger partial charge < -0.3 is 25.2 Å². The van der Waals surface area contributed by atoms with Gasteiger partial charge in [0.05, 0.1) is 25.9 Å². The van der Waals surface area contributed by atoms with Crippen molar-refractivity contribution in [2.24, 2.45) is 0 Å². The summed E-state index contributed by atoms with van der Waals surface area (Å²) in [6, 6.07) is -1.38. The number of rotatable bonds is 3. The second-order valence-electron chi connectivity index (χ2n) is 3.63. The Balaban J connectivity index is 2.44. The molecule has 0 aliphatic carbocycles. The zero-order valence-corrected chi connectivity index (χ0v) is 9.05. The number of carboxylic acid groups (broad SMARTS) is 1. The number of morpholine rings is 1. The lowest BCUT2D eigenvalue weighted by atomic mass is 10.3. The van der Waals surface area contributed by atoms with E-state index in [2.05, 4.69) is 5.32 Å². The third-order valence-corrected chi connectivity index (χ3v) is 2.34. The van der Waals surface area contributed by atoms with Gasteiger partial charge in [-0.15, -0.1) is 0 Å². The molecule has 1 aliphatic rings. The largest absolute Gasteiger partial charge is 0.480 e. The molecule has 2 atom stereocenters. The third kappa shape index (κ3) is 3.35. The molecule has 1 heterocycles. The first-order valence-corrected chi connectivity index (χ1v) is 5.05. The molecule has 7 nitrogen and oxygen atoms in total. The van der Waals surface area contributed by atoms with Gasteiger partial charge in [0, 0.05) is 6.54 Å². The Kier molecular flexibility index (Phi) is 4.51. The molecule has 16 heavy (non-hydrogen) atoms. The number of nitrogens with zero attached hydrogens (tertiary/aromatic N) is 1. The van der Waals surface area contributed by atoms with Gasteiger partial charge in [-0.25, -0.2) is 4.79 Å². The van der Waals surface area contributed by atoms with Crippen molar-refractivity contribution in [1.82, 2.24) is 10.2 Å². The van der Waals surface area contributed by atoms with Gasteiger partial charge >= 0.3 is 12.0 Å². The summed E-state index contributed by atoms with van der Waals surface area (Å²) in [7, 11) is 0. The highest BCUT2D eigenvalue weighted by molar-refractivity contribution is 5.82. The average Bonchev–Trinajstić information content (AvgIpc) is 2.28. The van der Waals surface area contributed by atoms with Gasteiger partial charge in [-0.1, -0.05) is 0 Å². The fraction of sp³-hybridized carbons (Fsp3) is 0.778. The van der Waals surface area contributed by atoms with E-state index in [-0.39, 0.29) is 19.3 Å². The fourth-order valence-corrected chi connectivity index (χ4v) is 1.35. The SMILES string of the molecule is CC(NC(=O)N1CCOC(CO)C1)C(=O)O. The number of nitrogens with one attached hydrogen (secondary N) is 1. The van der Waals surface area contributed by atoms with Crippen LogP contribution in [0.3, 0.4) is 0 Å². The summed E-state index contributed by atoms with van der Waals surface area (Å²) in [6.07, 6.45) is -0.389. The summed E-state index contributed by atoms with van der Waals surface area (Å²) >= 11 is 0. The highest BCUT2D eigenvalue weighted by Gasteiger charge is 2.25. The van der Waals surface area contributed by atoms with Crippen LogP contribution in [0, 0.1) is 0 Å². The number of amides is 2. The molecular weight excluding hydrogens is 216 g/mol. The predicted octanol–water partition coefficient (Wildman–Crippen LogP) is -1.14. The third-order valence-electron chi connectivity index (χ3n) is 2.34. The van der Waals surface area contributed by atoms with E-state index in [1.54, 1.807) is 0 Å². The highest BCUT2D eigenvalue weighted by Crippen LogP contribution is 2.04.